The number of nitrogens with zero attached hydrogens (tertiary/aromatic N) is 3. The van der Waals surface area contributed by atoms with Crippen molar-refractivity contribution in [2.45, 2.75) is 71.4 Å². The number of thiazole rings is 1. The minimum Gasteiger partial charge on any atom is -0.297 e. The van der Waals surface area contributed by atoms with E-state index in [1.165, 1.54) is 45.2 Å². The average Bonchev–Trinajstić information content (AvgIpc) is 3.26. The molecule has 1 aromatic heterocycles. The van der Waals surface area contributed by atoms with Gasteiger partial charge in [-0.25, -0.2) is 4.98 Å². The molecule has 1 aliphatic heterocycles. The van der Waals surface area contributed by atoms with Gasteiger partial charge in [-0.05, 0) is 51.1 Å². The molecule has 2 heterocycles. The number of hydrogen-bond donors (Lipinski definition) is 0. The first-order chi connectivity index (χ1) is 11.2. The van der Waals surface area contributed by atoms with Gasteiger partial charge >= 0.3 is 0 Å². The molecule has 2 fully saturated rings. The van der Waals surface area contributed by atoms with E-state index in [-0.39, 0.29) is 5.91 Å². The Morgan fingerprint density at radius 2 is 2.17 bits per heavy atom. The standard InChI is InChI=1S/C18H29N3OS/c1-3-5-15-6-4-10-20(11-9-15)12-16-13-23-18(19-16)21(14(2)22)17-7-8-17/h13,15,17H,3-12H2,1-2H3. The summed E-state index contributed by atoms with van der Waals surface area (Å²) in [7, 11) is 0. The summed E-state index contributed by atoms with van der Waals surface area (Å²) in [4.78, 5) is 21.0. The monoisotopic (exact) mass is 335 g/mol. The number of aromatic nitrogens is 1. The van der Waals surface area contributed by atoms with Crippen LogP contribution in [0.15, 0.2) is 5.38 Å². The molecule has 1 atom stereocenters. The van der Waals surface area contributed by atoms with Crippen LogP contribution in [0.1, 0.15) is 64.5 Å². The number of likely N-dealkylation sites (tertiary alicyclic amines) is 1. The Bertz CT molecular complexity index is 526. The first-order valence-electron chi connectivity index (χ1n) is 9.14. The number of amides is 1. The number of anilines is 1. The second-order valence-electron chi connectivity index (χ2n) is 7.10. The summed E-state index contributed by atoms with van der Waals surface area (Å²) in [6.45, 7) is 7.26. The van der Waals surface area contributed by atoms with Crippen molar-refractivity contribution in [2.24, 2.45) is 5.92 Å². The molecule has 1 aliphatic carbocycles. The average molecular weight is 336 g/mol. The van der Waals surface area contributed by atoms with Gasteiger partial charge < -0.3 is 0 Å². The molecular weight excluding hydrogens is 306 g/mol. The summed E-state index contributed by atoms with van der Waals surface area (Å²) in [6.07, 6.45) is 8.95. The van der Waals surface area contributed by atoms with E-state index in [0.29, 0.717) is 6.04 Å². The van der Waals surface area contributed by atoms with Crippen molar-refractivity contribution < 1.29 is 4.79 Å². The van der Waals surface area contributed by atoms with Gasteiger partial charge in [0.05, 0.1) is 5.69 Å². The van der Waals surface area contributed by atoms with Crippen molar-refractivity contribution in [1.82, 2.24) is 9.88 Å². The molecule has 1 saturated heterocycles. The van der Waals surface area contributed by atoms with Gasteiger partial charge in [0.15, 0.2) is 5.13 Å². The van der Waals surface area contributed by atoms with Crippen LogP contribution in [0.5, 0.6) is 0 Å². The van der Waals surface area contributed by atoms with Crippen molar-refractivity contribution in [3.8, 4) is 0 Å². The van der Waals surface area contributed by atoms with Gasteiger partial charge in [0.25, 0.3) is 0 Å². The SMILES string of the molecule is CCCC1CCCN(Cc2csc(N(C(C)=O)C3CC3)n2)CC1. The molecule has 1 amide bonds. The Labute approximate surface area is 143 Å². The third-order valence-electron chi connectivity index (χ3n) is 5.02. The molecular formula is C18H29N3OS. The molecule has 23 heavy (non-hydrogen) atoms. The topological polar surface area (TPSA) is 36.4 Å². The van der Waals surface area contributed by atoms with E-state index in [4.69, 9.17) is 4.98 Å². The maximum atomic E-state index is 11.9. The molecule has 4 nitrogen and oxygen atoms in total. The van der Waals surface area contributed by atoms with Crippen LogP contribution in [-0.2, 0) is 11.3 Å². The minimum atomic E-state index is 0.130. The lowest BCUT2D eigenvalue weighted by atomic mass is 9.96. The maximum Gasteiger partial charge on any atom is 0.225 e. The van der Waals surface area contributed by atoms with Crippen LogP contribution >= 0.6 is 11.3 Å². The summed E-state index contributed by atoms with van der Waals surface area (Å²) in [6, 6.07) is 0.402. The van der Waals surface area contributed by atoms with Crippen molar-refractivity contribution in [1.29, 1.82) is 0 Å². The summed E-state index contributed by atoms with van der Waals surface area (Å²) in [5.41, 5.74) is 1.13. The van der Waals surface area contributed by atoms with E-state index >= 15 is 0 Å². The van der Waals surface area contributed by atoms with Crippen molar-refractivity contribution in [3.05, 3.63) is 11.1 Å². The molecule has 0 bridgehead atoms. The highest BCUT2D eigenvalue weighted by atomic mass is 32.1. The zero-order valence-electron chi connectivity index (χ0n) is 14.5. The van der Waals surface area contributed by atoms with Gasteiger partial charge in [0.2, 0.25) is 5.91 Å². The number of hydrogen-bond acceptors (Lipinski definition) is 4. The normalized spacial score (nSPS) is 22.8. The molecule has 0 N–H and O–H groups in total. The van der Waals surface area contributed by atoms with Gasteiger partial charge in [-0.3, -0.25) is 14.6 Å². The Hall–Kier alpha value is -0.940. The molecule has 1 unspecified atom stereocenters. The van der Waals surface area contributed by atoms with Crippen LogP contribution in [0.3, 0.4) is 0 Å². The van der Waals surface area contributed by atoms with E-state index in [9.17, 15) is 4.79 Å². The lowest BCUT2D eigenvalue weighted by Gasteiger charge is -2.19. The molecule has 5 heteroatoms. The quantitative estimate of drug-likeness (QED) is 0.786. The fraction of sp³-hybridized carbons (Fsp3) is 0.778. The number of carbonyl (C=O) groups is 1. The van der Waals surface area contributed by atoms with Crippen LogP contribution in [0.25, 0.3) is 0 Å². The van der Waals surface area contributed by atoms with Crippen molar-refractivity contribution >= 4 is 22.4 Å². The second-order valence-corrected chi connectivity index (χ2v) is 7.94. The fourth-order valence-corrected chi connectivity index (χ4v) is 4.60. The Kier molecular flexibility index (Phi) is 5.70. The zero-order chi connectivity index (χ0) is 16.2. The van der Waals surface area contributed by atoms with Crippen molar-refractivity contribution in [2.75, 3.05) is 18.0 Å². The number of rotatable bonds is 6. The highest BCUT2D eigenvalue weighted by Crippen LogP contribution is 2.34. The van der Waals surface area contributed by atoms with Gasteiger partial charge in [0.1, 0.15) is 0 Å². The lowest BCUT2D eigenvalue weighted by Crippen LogP contribution is -2.30. The predicted octanol–water partition coefficient (Wildman–Crippen LogP) is 4.06. The Balaban J connectivity index is 1.57. The third-order valence-corrected chi connectivity index (χ3v) is 5.91. The zero-order valence-corrected chi connectivity index (χ0v) is 15.3. The second kappa shape index (κ2) is 7.75. The van der Waals surface area contributed by atoms with Crippen molar-refractivity contribution in [3.63, 3.8) is 0 Å². The Morgan fingerprint density at radius 1 is 1.35 bits per heavy atom. The van der Waals surface area contributed by atoms with Crippen LogP contribution < -0.4 is 4.90 Å². The summed E-state index contributed by atoms with van der Waals surface area (Å²) >= 11 is 1.62. The van der Waals surface area contributed by atoms with E-state index < -0.39 is 0 Å². The minimum absolute atomic E-state index is 0.130. The van der Waals surface area contributed by atoms with Gasteiger partial charge in [-0.1, -0.05) is 19.8 Å². The first-order valence-corrected chi connectivity index (χ1v) is 10.0. The van der Waals surface area contributed by atoms with Gasteiger partial charge in [-0.15, -0.1) is 11.3 Å². The fourth-order valence-electron chi connectivity index (χ4n) is 3.67. The third kappa shape index (κ3) is 4.54. The van der Waals surface area contributed by atoms with E-state index in [0.717, 1.165) is 36.1 Å². The Morgan fingerprint density at radius 3 is 2.87 bits per heavy atom. The molecule has 2 aliphatic rings. The van der Waals surface area contributed by atoms with Crippen LogP contribution in [-0.4, -0.2) is 34.9 Å². The van der Waals surface area contributed by atoms with E-state index in [1.807, 2.05) is 4.90 Å². The smallest absolute Gasteiger partial charge is 0.225 e. The van der Waals surface area contributed by atoms with Gasteiger partial charge in [-0.2, -0.15) is 0 Å². The molecule has 0 spiro atoms. The molecule has 0 radical (unpaired) electrons. The van der Waals surface area contributed by atoms with Crippen LogP contribution in [0, 0.1) is 5.92 Å². The summed E-state index contributed by atoms with van der Waals surface area (Å²) in [5, 5.41) is 3.04. The lowest BCUT2D eigenvalue weighted by molar-refractivity contribution is -0.116. The van der Waals surface area contributed by atoms with Gasteiger partial charge in [0, 0.05) is 24.9 Å². The molecule has 1 aromatic rings. The highest BCUT2D eigenvalue weighted by molar-refractivity contribution is 7.14. The summed E-state index contributed by atoms with van der Waals surface area (Å²) < 4.78 is 0. The number of carbonyl (C=O) groups excluding carboxylic acids is 1. The molecule has 128 valence electrons. The molecule has 3 rings (SSSR count). The molecule has 0 aromatic carbocycles. The largest absolute Gasteiger partial charge is 0.297 e. The van der Waals surface area contributed by atoms with E-state index in [2.05, 4.69) is 17.2 Å². The first kappa shape index (κ1) is 16.9. The highest BCUT2D eigenvalue weighted by Gasteiger charge is 2.33. The van der Waals surface area contributed by atoms with E-state index in [1.54, 1.807) is 18.3 Å². The predicted molar refractivity (Wildman–Crippen MR) is 95.8 cm³/mol. The summed E-state index contributed by atoms with van der Waals surface area (Å²) in [5.74, 6) is 1.05. The van der Waals surface area contributed by atoms with Crippen LogP contribution in [0.2, 0.25) is 0 Å². The van der Waals surface area contributed by atoms with Crippen LogP contribution in [0.4, 0.5) is 5.13 Å². The molecule has 1 saturated carbocycles. The maximum absolute atomic E-state index is 11.9.